The Hall–Kier alpha value is -4.21. The topological polar surface area (TPSA) is 124 Å². The first-order valence-electron chi connectivity index (χ1n) is 10.0. The maximum atomic E-state index is 12.2. The molecule has 4 aromatic rings. The van der Waals surface area contributed by atoms with Crippen molar-refractivity contribution < 1.29 is 18.7 Å². The van der Waals surface area contributed by atoms with Gasteiger partial charge in [-0.25, -0.2) is 9.50 Å². The van der Waals surface area contributed by atoms with Gasteiger partial charge in [0.05, 0.1) is 0 Å². The maximum absolute atomic E-state index is 12.2. The van der Waals surface area contributed by atoms with Gasteiger partial charge in [-0.15, -0.1) is 0 Å². The van der Waals surface area contributed by atoms with Crippen molar-refractivity contribution in [3.05, 3.63) is 77.3 Å². The number of para-hydroxylation sites is 1. The van der Waals surface area contributed by atoms with Crippen LogP contribution in [-0.4, -0.2) is 31.4 Å². The van der Waals surface area contributed by atoms with Crippen LogP contribution in [0.2, 0.25) is 0 Å². The lowest BCUT2D eigenvalue weighted by Crippen LogP contribution is -2.41. The molecule has 32 heavy (non-hydrogen) atoms. The smallest absolute Gasteiger partial charge is 0.305 e. The number of aryl methyl sites for hydroxylation is 2. The summed E-state index contributed by atoms with van der Waals surface area (Å²) in [4.78, 5) is 32.9. The standard InChI is InChI=1S/C22H22N6O4/c1-14-18(15(2)28-22(25-14)23-13-24-28)9-11-20(29)26-27-21(30)19-10-8-17(32-19)12-31-16-6-4-3-5-7-16/h3-8,10,13H,9,11-12H2,1-2H3,(H,26,29)(H,27,30). The predicted octanol–water partition coefficient (Wildman–Crippen LogP) is 2.31. The monoisotopic (exact) mass is 434 g/mol. The van der Waals surface area contributed by atoms with Crippen LogP contribution in [0.4, 0.5) is 0 Å². The largest absolute Gasteiger partial charge is 0.486 e. The van der Waals surface area contributed by atoms with Gasteiger partial charge in [0.25, 0.3) is 5.78 Å². The molecule has 10 heteroatoms. The number of nitrogens with zero attached hydrogens (tertiary/aromatic N) is 4. The van der Waals surface area contributed by atoms with E-state index in [9.17, 15) is 9.59 Å². The van der Waals surface area contributed by atoms with Crippen LogP contribution >= 0.6 is 0 Å². The normalized spacial score (nSPS) is 10.8. The number of hydrogen-bond donors (Lipinski definition) is 2. The van der Waals surface area contributed by atoms with Gasteiger partial charge in [-0.1, -0.05) is 18.2 Å². The SMILES string of the molecule is Cc1nc2ncnn2c(C)c1CCC(=O)NNC(=O)c1ccc(COc2ccccc2)o1. The van der Waals surface area contributed by atoms with Crippen LogP contribution in [0.3, 0.4) is 0 Å². The maximum Gasteiger partial charge on any atom is 0.305 e. The van der Waals surface area contributed by atoms with Crippen LogP contribution in [0, 0.1) is 13.8 Å². The van der Waals surface area contributed by atoms with E-state index in [1.54, 1.807) is 10.6 Å². The summed E-state index contributed by atoms with van der Waals surface area (Å²) in [6.07, 6.45) is 2.05. The molecule has 0 fully saturated rings. The van der Waals surface area contributed by atoms with E-state index in [0.29, 0.717) is 23.7 Å². The third kappa shape index (κ3) is 4.75. The molecule has 0 saturated carbocycles. The number of aromatic nitrogens is 4. The quantitative estimate of drug-likeness (QED) is 0.428. The minimum atomic E-state index is -0.553. The zero-order valence-corrected chi connectivity index (χ0v) is 17.7. The molecule has 3 aromatic heterocycles. The van der Waals surface area contributed by atoms with Crippen LogP contribution in [0.1, 0.15) is 39.7 Å². The van der Waals surface area contributed by atoms with Crippen molar-refractivity contribution >= 4 is 17.6 Å². The highest BCUT2D eigenvalue weighted by Crippen LogP contribution is 2.15. The third-order valence-corrected chi connectivity index (χ3v) is 4.92. The molecule has 1 aromatic carbocycles. The minimum absolute atomic E-state index is 0.0736. The van der Waals surface area contributed by atoms with Crippen molar-refractivity contribution in [2.75, 3.05) is 0 Å². The Kier molecular flexibility index (Phi) is 6.11. The van der Waals surface area contributed by atoms with Gasteiger partial charge in [-0.05, 0) is 50.1 Å². The molecule has 0 saturated heterocycles. The molecule has 0 spiro atoms. The van der Waals surface area contributed by atoms with Gasteiger partial charge >= 0.3 is 5.91 Å². The molecular weight excluding hydrogens is 412 g/mol. The summed E-state index contributed by atoms with van der Waals surface area (Å²) in [5, 5.41) is 4.14. The minimum Gasteiger partial charge on any atom is -0.486 e. The van der Waals surface area contributed by atoms with E-state index in [1.807, 2.05) is 44.2 Å². The van der Waals surface area contributed by atoms with E-state index in [4.69, 9.17) is 9.15 Å². The molecule has 10 nitrogen and oxygen atoms in total. The molecular formula is C22H22N6O4. The number of carbonyl (C=O) groups excluding carboxylic acids is 2. The zero-order chi connectivity index (χ0) is 22.5. The molecule has 4 rings (SSSR count). The van der Waals surface area contributed by atoms with E-state index in [0.717, 1.165) is 17.0 Å². The van der Waals surface area contributed by atoms with Gasteiger partial charge in [-0.2, -0.15) is 10.1 Å². The second-order valence-electron chi connectivity index (χ2n) is 7.10. The Balaban J connectivity index is 1.26. The molecule has 0 atom stereocenters. The van der Waals surface area contributed by atoms with Gasteiger partial charge < -0.3 is 9.15 Å². The Bertz CT molecular complexity index is 1250. The highest BCUT2D eigenvalue weighted by Gasteiger charge is 2.15. The second-order valence-corrected chi connectivity index (χ2v) is 7.10. The van der Waals surface area contributed by atoms with Crippen LogP contribution in [0.25, 0.3) is 5.78 Å². The average Bonchev–Trinajstić information content (AvgIpc) is 3.46. The lowest BCUT2D eigenvalue weighted by atomic mass is 10.1. The van der Waals surface area contributed by atoms with E-state index in [1.165, 1.54) is 12.4 Å². The number of nitrogens with one attached hydrogen (secondary N) is 2. The number of fused-ring (bicyclic) bond motifs is 1. The van der Waals surface area contributed by atoms with E-state index < -0.39 is 5.91 Å². The van der Waals surface area contributed by atoms with Gasteiger partial charge in [0.1, 0.15) is 24.4 Å². The van der Waals surface area contributed by atoms with Crippen LogP contribution < -0.4 is 15.6 Å². The lowest BCUT2D eigenvalue weighted by Gasteiger charge is -2.10. The Morgan fingerprint density at radius 3 is 2.72 bits per heavy atom. The summed E-state index contributed by atoms with van der Waals surface area (Å²) in [5.74, 6) is 0.896. The molecule has 164 valence electrons. The lowest BCUT2D eigenvalue weighted by molar-refractivity contribution is -0.121. The number of ether oxygens (including phenoxy) is 1. The second kappa shape index (κ2) is 9.29. The number of hydrazine groups is 1. The fraction of sp³-hybridized carbons (Fsp3) is 0.227. The van der Waals surface area contributed by atoms with Crippen molar-refractivity contribution in [1.82, 2.24) is 30.4 Å². The van der Waals surface area contributed by atoms with Crippen molar-refractivity contribution in [1.29, 1.82) is 0 Å². The summed E-state index contributed by atoms with van der Waals surface area (Å²) in [7, 11) is 0. The fourth-order valence-corrected chi connectivity index (χ4v) is 3.25. The summed E-state index contributed by atoms with van der Waals surface area (Å²) in [5.41, 5.74) is 7.35. The van der Waals surface area contributed by atoms with Crippen molar-refractivity contribution in [2.24, 2.45) is 0 Å². The van der Waals surface area contributed by atoms with Gasteiger partial charge in [-0.3, -0.25) is 20.4 Å². The Labute approximate surface area is 183 Å². The molecule has 0 unspecified atom stereocenters. The van der Waals surface area contributed by atoms with Crippen molar-refractivity contribution in [3.8, 4) is 5.75 Å². The number of benzene rings is 1. The number of furan rings is 1. The summed E-state index contributed by atoms with van der Waals surface area (Å²) in [6, 6.07) is 12.5. The summed E-state index contributed by atoms with van der Waals surface area (Å²) >= 11 is 0. The predicted molar refractivity (Wildman–Crippen MR) is 114 cm³/mol. The van der Waals surface area contributed by atoms with E-state index in [-0.39, 0.29) is 24.7 Å². The first kappa shape index (κ1) is 21.0. The van der Waals surface area contributed by atoms with E-state index >= 15 is 0 Å². The molecule has 0 aliphatic heterocycles. The zero-order valence-electron chi connectivity index (χ0n) is 17.7. The van der Waals surface area contributed by atoms with Crippen LogP contribution in [-0.2, 0) is 17.8 Å². The molecule has 0 aliphatic carbocycles. The fourth-order valence-electron chi connectivity index (χ4n) is 3.25. The number of amides is 2. The van der Waals surface area contributed by atoms with Crippen molar-refractivity contribution in [2.45, 2.75) is 33.3 Å². The molecule has 0 radical (unpaired) electrons. The first-order valence-corrected chi connectivity index (χ1v) is 10.0. The first-order chi connectivity index (χ1) is 15.5. The molecule has 2 amide bonds. The van der Waals surface area contributed by atoms with Gasteiger partial charge in [0.2, 0.25) is 5.91 Å². The Morgan fingerprint density at radius 2 is 1.91 bits per heavy atom. The Morgan fingerprint density at radius 1 is 1.09 bits per heavy atom. The molecule has 3 heterocycles. The van der Waals surface area contributed by atoms with Gasteiger partial charge in [0.15, 0.2) is 5.76 Å². The third-order valence-electron chi connectivity index (χ3n) is 4.92. The van der Waals surface area contributed by atoms with E-state index in [2.05, 4.69) is 25.9 Å². The molecule has 2 N–H and O–H groups in total. The van der Waals surface area contributed by atoms with Crippen molar-refractivity contribution in [3.63, 3.8) is 0 Å². The van der Waals surface area contributed by atoms with Crippen LogP contribution in [0.15, 0.2) is 53.2 Å². The number of carbonyl (C=O) groups is 2. The highest BCUT2D eigenvalue weighted by atomic mass is 16.5. The average molecular weight is 434 g/mol. The van der Waals surface area contributed by atoms with Crippen LogP contribution in [0.5, 0.6) is 5.75 Å². The van der Waals surface area contributed by atoms with Gasteiger partial charge in [0, 0.05) is 17.8 Å². The highest BCUT2D eigenvalue weighted by molar-refractivity contribution is 5.92. The number of rotatable bonds is 7. The molecule has 0 aliphatic rings. The summed E-state index contributed by atoms with van der Waals surface area (Å²) in [6.45, 7) is 3.96. The summed E-state index contributed by atoms with van der Waals surface area (Å²) < 4.78 is 12.7. The number of hydrogen-bond acceptors (Lipinski definition) is 7. The molecule has 0 bridgehead atoms.